The van der Waals surface area contributed by atoms with E-state index < -0.39 is 16.2 Å². The van der Waals surface area contributed by atoms with Crippen molar-refractivity contribution in [1.82, 2.24) is 9.13 Å². The molecule has 2 N–H and O–H groups in total. The lowest BCUT2D eigenvalue weighted by atomic mass is 10.4. The summed E-state index contributed by atoms with van der Waals surface area (Å²) in [5.74, 6) is 0.0214. The molecule has 8 heteroatoms. The van der Waals surface area contributed by atoms with E-state index in [9.17, 15) is 14.9 Å². The average Bonchev–Trinajstić information content (AvgIpc) is 2.19. The van der Waals surface area contributed by atoms with Gasteiger partial charge in [0.1, 0.15) is 0 Å². The molecule has 0 bridgehead atoms. The van der Waals surface area contributed by atoms with Gasteiger partial charge in [-0.05, 0) is 0 Å². The van der Waals surface area contributed by atoms with Crippen molar-refractivity contribution in [2.75, 3.05) is 12.4 Å². The molecule has 1 aromatic heterocycles. The Morgan fingerprint density at radius 2 is 1.93 bits per heavy atom. The Bertz CT molecular complexity index is 527. The number of nitro groups is 1. The molecular weight excluding hydrogens is 202 g/mol. The van der Waals surface area contributed by atoms with E-state index in [0.29, 0.717) is 0 Å². The van der Waals surface area contributed by atoms with Gasteiger partial charge in [-0.1, -0.05) is 0 Å². The quantitative estimate of drug-likeness (QED) is 0.493. The standard InChI is InChI=1S/C7H11N5O3/c1-9-5-4(12(14)15)6(13)11(3)7(8)10(5)2/h8-9H,1-3H3. The van der Waals surface area contributed by atoms with Crippen molar-refractivity contribution in [2.24, 2.45) is 14.1 Å². The van der Waals surface area contributed by atoms with Crippen LogP contribution in [-0.4, -0.2) is 21.1 Å². The molecule has 1 heterocycles. The van der Waals surface area contributed by atoms with Crippen LogP contribution in [0.1, 0.15) is 0 Å². The fraction of sp³-hybridized carbons (Fsp3) is 0.429. The van der Waals surface area contributed by atoms with E-state index in [1.165, 1.54) is 25.7 Å². The van der Waals surface area contributed by atoms with Crippen LogP contribution in [0.15, 0.2) is 4.79 Å². The second-order valence-electron chi connectivity index (χ2n) is 2.95. The van der Waals surface area contributed by atoms with Gasteiger partial charge in [0.2, 0.25) is 5.62 Å². The second kappa shape index (κ2) is 3.56. The molecule has 0 aliphatic carbocycles. The van der Waals surface area contributed by atoms with Crippen LogP contribution in [0.5, 0.6) is 0 Å². The van der Waals surface area contributed by atoms with Gasteiger partial charge in [0.15, 0.2) is 5.82 Å². The van der Waals surface area contributed by atoms with E-state index in [0.717, 1.165) is 4.57 Å². The summed E-state index contributed by atoms with van der Waals surface area (Å²) in [7, 11) is 4.25. The van der Waals surface area contributed by atoms with Crippen LogP contribution in [0, 0.1) is 15.5 Å². The summed E-state index contributed by atoms with van der Waals surface area (Å²) in [5, 5.41) is 20.8. The first-order valence-electron chi connectivity index (χ1n) is 4.08. The zero-order chi connectivity index (χ0) is 11.7. The molecule has 82 valence electrons. The Labute approximate surface area is 84.4 Å². The van der Waals surface area contributed by atoms with E-state index in [-0.39, 0.29) is 11.4 Å². The highest BCUT2D eigenvalue weighted by molar-refractivity contribution is 5.54. The van der Waals surface area contributed by atoms with Gasteiger partial charge < -0.3 is 5.32 Å². The third-order valence-electron chi connectivity index (χ3n) is 2.12. The smallest absolute Gasteiger partial charge is 0.369 e. The molecule has 0 spiro atoms. The van der Waals surface area contributed by atoms with E-state index in [2.05, 4.69) is 5.32 Å². The number of anilines is 1. The van der Waals surface area contributed by atoms with Crippen LogP contribution in [0.3, 0.4) is 0 Å². The number of aromatic nitrogens is 2. The Balaban J connectivity index is 3.87. The van der Waals surface area contributed by atoms with Crippen LogP contribution >= 0.6 is 0 Å². The molecule has 0 atom stereocenters. The third kappa shape index (κ3) is 1.49. The van der Waals surface area contributed by atoms with Crippen LogP contribution < -0.4 is 16.5 Å². The lowest BCUT2D eigenvalue weighted by Gasteiger charge is -2.10. The van der Waals surface area contributed by atoms with Gasteiger partial charge in [-0.25, -0.2) is 0 Å². The minimum absolute atomic E-state index is 0.0214. The first-order valence-corrected chi connectivity index (χ1v) is 4.08. The second-order valence-corrected chi connectivity index (χ2v) is 2.95. The third-order valence-corrected chi connectivity index (χ3v) is 2.12. The molecule has 1 rings (SSSR count). The highest BCUT2D eigenvalue weighted by atomic mass is 16.6. The van der Waals surface area contributed by atoms with Gasteiger partial charge in [-0.3, -0.25) is 29.5 Å². The number of hydrogen-bond acceptors (Lipinski definition) is 5. The van der Waals surface area contributed by atoms with E-state index >= 15 is 0 Å². The van der Waals surface area contributed by atoms with Crippen molar-refractivity contribution in [3.05, 3.63) is 26.1 Å². The monoisotopic (exact) mass is 213 g/mol. The molecule has 0 saturated carbocycles. The molecular formula is C7H11N5O3. The summed E-state index contributed by atoms with van der Waals surface area (Å²) in [6.07, 6.45) is 0. The zero-order valence-electron chi connectivity index (χ0n) is 8.57. The summed E-state index contributed by atoms with van der Waals surface area (Å²) in [6, 6.07) is 0. The lowest BCUT2D eigenvalue weighted by molar-refractivity contribution is -0.386. The van der Waals surface area contributed by atoms with Gasteiger partial charge in [-0.15, -0.1) is 0 Å². The van der Waals surface area contributed by atoms with Crippen molar-refractivity contribution < 1.29 is 4.92 Å². The van der Waals surface area contributed by atoms with E-state index in [1.54, 1.807) is 0 Å². The SMILES string of the molecule is CNc1c([N+](=O)[O-])c(=O)n(C)c(=N)n1C. The summed E-state index contributed by atoms with van der Waals surface area (Å²) in [5.41, 5.74) is -1.47. The van der Waals surface area contributed by atoms with Gasteiger partial charge in [0.25, 0.3) is 0 Å². The molecule has 0 aliphatic rings. The fourth-order valence-electron chi connectivity index (χ4n) is 1.30. The summed E-state index contributed by atoms with van der Waals surface area (Å²) >= 11 is 0. The van der Waals surface area contributed by atoms with Crippen molar-refractivity contribution in [3.63, 3.8) is 0 Å². The minimum Gasteiger partial charge on any atom is -0.369 e. The molecule has 0 aromatic carbocycles. The number of rotatable bonds is 2. The zero-order valence-corrected chi connectivity index (χ0v) is 8.57. The van der Waals surface area contributed by atoms with Crippen molar-refractivity contribution >= 4 is 11.5 Å². The topological polar surface area (TPSA) is 106 Å². The van der Waals surface area contributed by atoms with Crippen molar-refractivity contribution in [1.29, 1.82) is 5.41 Å². The van der Waals surface area contributed by atoms with Gasteiger partial charge >= 0.3 is 11.2 Å². The molecule has 0 amide bonds. The number of hydrogen-bond donors (Lipinski definition) is 2. The summed E-state index contributed by atoms with van der Waals surface area (Å²) in [6.45, 7) is 0. The number of nitrogens with zero attached hydrogens (tertiary/aromatic N) is 3. The minimum atomic E-state index is -0.799. The predicted molar refractivity (Wildman–Crippen MR) is 52.7 cm³/mol. The van der Waals surface area contributed by atoms with E-state index in [1.807, 2.05) is 0 Å². The molecule has 0 aliphatic heterocycles. The highest BCUT2D eigenvalue weighted by Gasteiger charge is 2.23. The molecule has 0 saturated heterocycles. The van der Waals surface area contributed by atoms with E-state index in [4.69, 9.17) is 5.41 Å². The summed E-state index contributed by atoms with van der Waals surface area (Å²) in [4.78, 5) is 21.4. The van der Waals surface area contributed by atoms with Gasteiger partial charge in [0.05, 0.1) is 4.92 Å². The Kier molecular flexibility index (Phi) is 2.60. The largest absolute Gasteiger partial charge is 0.374 e. The van der Waals surface area contributed by atoms with Crippen LogP contribution in [-0.2, 0) is 14.1 Å². The molecule has 15 heavy (non-hydrogen) atoms. The molecule has 0 fully saturated rings. The Morgan fingerprint density at radius 3 is 2.33 bits per heavy atom. The maximum absolute atomic E-state index is 11.5. The predicted octanol–water partition coefficient (Wildman–Crippen LogP) is -0.847. The summed E-state index contributed by atoms with van der Waals surface area (Å²) < 4.78 is 2.15. The maximum atomic E-state index is 11.5. The average molecular weight is 213 g/mol. The van der Waals surface area contributed by atoms with Gasteiger partial charge in [0, 0.05) is 21.1 Å². The van der Waals surface area contributed by atoms with Crippen LogP contribution in [0.2, 0.25) is 0 Å². The highest BCUT2D eigenvalue weighted by Crippen LogP contribution is 2.15. The van der Waals surface area contributed by atoms with Crippen molar-refractivity contribution in [3.8, 4) is 0 Å². The first-order chi connectivity index (χ1) is 6.91. The Morgan fingerprint density at radius 1 is 1.40 bits per heavy atom. The molecule has 0 unspecified atom stereocenters. The van der Waals surface area contributed by atoms with Gasteiger partial charge in [-0.2, -0.15) is 0 Å². The molecule has 1 aromatic rings. The van der Waals surface area contributed by atoms with Crippen LogP contribution in [0.25, 0.3) is 0 Å². The lowest BCUT2D eigenvalue weighted by Crippen LogP contribution is -2.39. The maximum Gasteiger partial charge on any atom is 0.374 e. The Hall–Kier alpha value is -2.12. The first kappa shape index (κ1) is 11.0. The molecule has 0 radical (unpaired) electrons. The molecule has 8 nitrogen and oxygen atoms in total. The van der Waals surface area contributed by atoms with Crippen LogP contribution in [0.4, 0.5) is 11.5 Å². The normalized spacial score (nSPS) is 10.1. The van der Waals surface area contributed by atoms with Crippen molar-refractivity contribution in [2.45, 2.75) is 0 Å². The fourth-order valence-corrected chi connectivity index (χ4v) is 1.30. The number of nitrogens with one attached hydrogen (secondary N) is 2.